The molecule has 0 aliphatic carbocycles. The Hall–Kier alpha value is -1.83. The van der Waals surface area contributed by atoms with Crippen LogP contribution in [0.3, 0.4) is 0 Å². The van der Waals surface area contributed by atoms with E-state index in [1.807, 2.05) is 30.3 Å². The van der Waals surface area contributed by atoms with Crippen LogP contribution in [0, 0.1) is 11.3 Å². The van der Waals surface area contributed by atoms with Crippen molar-refractivity contribution in [3.8, 4) is 11.8 Å². The summed E-state index contributed by atoms with van der Waals surface area (Å²) in [4.78, 5) is 0. The monoisotopic (exact) mass is 274 g/mol. The molecule has 0 aromatic heterocycles. The molecule has 0 aliphatic rings. The van der Waals surface area contributed by atoms with Gasteiger partial charge in [-0.15, -0.1) is 0 Å². The maximum Gasteiger partial charge on any atom is 0.174 e. The van der Waals surface area contributed by atoms with Gasteiger partial charge in [0.15, 0.2) is 6.61 Å². The van der Waals surface area contributed by atoms with E-state index in [-0.39, 0.29) is 6.61 Å². The highest BCUT2D eigenvalue weighted by Gasteiger charge is 1.97. The second-order valence-electron chi connectivity index (χ2n) is 4.34. The molecule has 0 aliphatic heterocycles. The second-order valence-corrected chi connectivity index (χ2v) is 4.34. The molecule has 1 rings (SSSR count). The lowest BCUT2D eigenvalue weighted by Gasteiger charge is -2.07. The summed E-state index contributed by atoms with van der Waals surface area (Å²) < 4.78 is 10.2. The van der Waals surface area contributed by atoms with Crippen molar-refractivity contribution < 1.29 is 9.47 Å². The lowest BCUT2D eigenvalue weighted by atomic mass is 10.1. The molecular weight excluding hydrogens is 252 g/mol. The fourth-order valence-corrected chi connectivity index (χ4v) is 1.71. The number of nitrogens with zero attached hydrogens (tertiary/aromatic N) is 1. The smallest absolute Gasteiger partial charge is 0.174 e. The van der Waals surface area contributed by atoms with Crippen LogP contribution in [0.4, 0.5) is 0 Å². The first-order valence-electron chi connectivity index (χ1n) is 6.79. The van der Waals surface area contributed by atoms with Gasteiger partial charge in [0, 0.05) is 20.2 Å². The third kappa shape index (κ3) is 6.37. The van der Waals surface area contributed by atoms with Gasteiger partial charge in [0.25, 0.3) is 0 Å². The number of hydrogen-bond donors (Lipinski definition) is 1. The van der Waals surface area contributed by atoms with Crippen molar-refractivity contribution in [1.82, 2.24) is 5.32 Å². The summed E-state index contributed by atoms with van der Waals surface area (Å²) >= 11 is 0. The van der Waals surface area contributed by atoms with E-state index in [9.17, 15) is 0 Å². The third-order valence-corrected chi connectivity index (χ3v) is 2.84. The van der Waals surface area contributed by atoms with E-state index in [0.29, 0.717) is 0 Å². The minimum Gasteiger partial charge on any atom is -0.479 e. The van der Waals surface area contributed by atoms with E-state index in [2.05, 4.69) is 18.3 Å². The summed E-state index contributed by atoms with van der Waals surface area (Å²) in [5.41, 5.74) is 2.48. The topological polar surface area (TPSA) is 54.3 Å². The van der Waals surface area contributed by atoms with Crippen molar-refractivity contribution in [2.24, 2.45) is 0 Å². The molecule has 0 atom stereocenters. The zero-order chi connectivity index (χ0) is 14.6. The van der Waals surface area contributed by atoms with Crippen molar-refractivity contribution in [3.63, 3.8) is 0 Å². The molecule has 0 spiro atoms. The number of nitriles is 1. The number of benzene rings is 1. The summed E-state index contributed by atoms with van der Waals surface area (Å²) in [5.74, 6) is 0.722. The van der Waals surface area contributed by atoms with Crippen molar-refractivity contribution in [2.75, 3.05) is 33.4 Å². The predicted molar refractivity (Wildman–Crippen MR) is 80.6 cm³/mol. The second kappa shape index (κ2) is 10.0. The Kier molecular flexibility index (Phi) is 8.13. The molecule has 0 heterocycles. The number of hydrogen-bond acceptors (Lipinski definition) is 4. The van der Waals surface area contributed by atoms with Crippen LogP contribution in [0.1, 0.15) is 18.9 Å². The van der Waals surface area contributed by atoms with Crippen LogP contribution in [0.2, 0.25) is 0 Å². The van der Waals surface area contributed by atoms with Crippen molar-refractivity contribution >= 4 is 6.08 Å². The third-order valence-electron chi connectivity index (χ3n) is 2.84. The van der Waals surface area contributed by atoms with Crippen LogP contribution in [-0.4, -0.2) is 33.4 Å². The first kappa shape index (κ1) is 16.2. The predicted octanol–water partition coefficient (Wildman–Crippen LogP) is 2.62. The molecule has 0 saturated heterocycles. The van der Waals surface area contributed by atoms with Gasteiger partial charge in [-0.25, -0.2) is 0 Å². The standard InChI is InChI=1S/C16H22N2O2/c1-3-14(13-18-9-11-19-2)12-15-4-6-16(7-5-15)20-10-8-17/h4-7,12,18H,3,9-11,13H2,1-2H3. The first-order valence-corrected chi connectivity index (χ1v) is 6.79. The fraction of sp³-hybridized carbons (Fsp3) is 0.438. The minimum absolute atomic E-state index is 0.0822. The normalized spacial score (nSPS) is 11.2. The Morgan fingerprint density at radius 1 is 1.35 bits per heavy atom. The zero-order valence-electron chi connectivity index (χ0n) is 12.2. The van der Waals surface area contributed by atoms with E-state index in [0.717, 1.165) is 37.4 Å². The van der Waals surface area contributed by atoms with Gasteiger partial charge < -0.3 is 14.8 Å². The largest absolute Gasteiger partial charge is 0.479 e. The maximum absolute atomic E-state index is 8.45. The van der Waals surface area contributed by atoms with Crippen LogP contribution in [-0.2, 0) is 4.74 Å². The van der Waals surface area contributed by atoms with E-state index in [1.54, 1.807) is 7.11 Å². The van der Waals surface area contributed by atoms with E-state index >= 15 is 0 Å². The molecule has 0 bridgehead atoms. The summed E-state index contributed by atoms with van der Waals surface area (Å²) in [7, 11) is 1.70. The Morgan fingerprint density at radius 2 is 2.10 bits per heavy atom. The van der Waals surface area contributed by atoms with Crippen molar-refractivity contribution in [3.05, 3.63) is 35.4 Å². The van der Waals surface area contributed by atoms with Crippen LogP contribution < -0.4 is 10.1 Å². The lowest BCUT2D eigenvalue weighted by molar-refractivity contribution is 0.200. The van der Waals surface area contributed by atoms with Crippen molar-refractivity contribution in [2.45, 2.75) is 13.3 Å². The minimum atomic E-state index is 0.0822. The van der Waals surface area contributed by atoms with Crippen LogP contribution in [0.15, 0.2) is 29.8 Å². The molecule has 0 unspecified atom stereocenters. The van der Waals surface area contributed by atoms with Gasteiger partial charge >= 0.3 is 0 Å². The first-order chi connectivity index (χ1) is 9.80. The highest BCUT2D eigenvalue weighted by atomic mass is 16.5. The van der Waals surface area contributed by atoms with Gasteiger partial charge in [-0.2, -0.15) is 5.26 Å². The summed E-state index contributed by atoms with van der Waals surface area (Å²) in [6.07, 6.45) is 3.18. The number of rotatable bonds is 9. The fourth-order valence-electron chi connectivity index (χ4n) is 1.71. The molecule has 4 heteroatoms. The average molecular weight is 274 g/mol. The SMILES string of the molecule is CCC(=Cc1ccc(OCC#N)cc1)CNCCOC. The molecular formula is C16H22N2O2. The number of ether oxygens (including phenoxy) is 2. The number of nitrogens with one attached hydrogen (secondary N) is 1. The molecule has 1 aromatic rings. The molecule has 4 nitrogen and oxygen atoms in total. The van der Waals surface area contributed by atoms with Gasteiger partial charge in [-0.05, 0) is 24.1 Å². The van der Waals surface area contributed by atoms with Gasteiger partial charge in [0.1, 0.15) is 11.8 Å². The Balaban J connectivity index is 2.54. The number of methoxy groups -OCH3 is 1. The van der Waals surface area contributed by atoms with Gasteiger partial charge in [-0.3, -0.25) is 0 Å². The Labute approximate surface area is 121 Å². The molecule has 108 valence electrons. The zero-order valence-corrected chi connectivity index (χ0v) is 12.2. The van der Waals surface area contributed by atoms with Crippen LogP contribution in [0.5, 0.6) is 5.75 Å². The highest BCUT2D eigenvalue weighted by Crippen LogP contribution is 2.15. The maximum atomic E-state index is 8.45. The summed E-state index contributed by atoms with van der Waals surface area (Å²) in [6, 6.07) is 9.72. The van der Waals surface area contributed by atoms with E-state index in [4.69, 9.17) is 14.7 Å². The van der Waals surface area contributed by atoms with E-state index < -0.39 is 0 Å². The Bertz CT molecular complexity index is 447. The molecule has 0 fully saturated rings. The highest BCUT2D eigenvalue weighted by molar-refractivity contribution is 5.54. The van der Waals surface area contributed by atoms with E-state index in [1.165, 1.54) is 5.57 Å². The summed E-state index contributed by atoms with van der Waals surface area (Å²) in [5, 5.41) is 11.8. The van der Waals surface area contributed by atoms with Gasteiger partial charge in [0.2, 0.25) is 0 Å². The molecule has 0 saturated carbocycles. The lowest BCUT2D eigenvalue weighted by Crippen LogP contribution is -2.21. The van der Waals surface area contributed by atoms with Crippen molar-refractivity contribution in [1.29, 1.82) is 5.26 Å². The Morgan fingerprint density at radius 3 is 2.70 bits per heavy atom. The quantitative estimate of drug-likeness (QED) is 0.703. The van der Waals surface area contributed by atoms with Gasteiger partial charge in [0.05, 0.1) is 6.61 Å². The molecule has 1 N–H and O–H groups in total. The molecule has 0 radical (unpaired) electrons. The molecule has 1 aromatic carbocycles. The molecule has 0 amide bonds. The summed E-state index contributed by atoms with van der Waals surface area (Å²) in [6.45, 7) is 4.68. The van der Waals surface area contributed by atoms with Gasteiger partial charge in [-0.1, -0.05) is 30.7 Å². The van der Waals surface area contributed by atoms with Crippen LogP contribution >= 0.6 is 0 Å². The molecule has 20 heavy (non-hydrogen) atoms. The average Bonchev–Trinajstić information content (AvgIpc) is 2.49. The van der Waals surface area contributed by atoms with Crippen LogP contribution in [0.25, 0.3) is 6.08 Å².